The number of nitrogens with one attached hydrogen (secondary N) is 1. The molecule has 1 heterocycles. The lowest BCUT2D eigenvalue weighted by atomic mass is 9.96. The minimum absolute atomic E-state index is 0.171. The molecule has 2 N–H and O–H groups in total. The molecule has 0 amide bonds. The normalized spacial score (nSPS) is 28.5. The second-order valence-corrected chi connectivity index (χ2v) is 4.56. The maximum atomic E-state index is 13.3. The summed E-state index contributed by atoms with van der Waals surface area (Å²) in [5, 5.41) is 13.3. The van der Waals surface area contributed by atoms with E-state index in [-0.39, 0.29) is 11.9 Å². The van der Waals surface area contributed by atoms with E-state index in [1.54, 1.807) is 18.2 Å². The van der Waals surface area contributed by atoms with Crippen LogP contribution in [0.4, 0.5) is 4.39 Å². The molecule has 2 unspecified atom stereocenters. The van der Waals surface area contributed by atoms with E-state index >= 15 is 0 Å². The molecule has 2 rings (SSSR count). The van der Waals surface area contributed by atoms with Crippen LogP contribution in [-0.4, -0.2) is 30.0 Å². The van der Waals surface area contributed by atoms with E-state index < -0.39 is 5.60 Å². The predicted octanol–water partition coefficient (Wildman–Crippen LogP) is 1.46. The Morgan fingerprint density at radius 3 is 2.94 bits per heavy atom. The van der Waals surface area contributed by atoms with Crippen LogP contribution in [0.3, 0.4) is 0 Å². The molecule has 1 aliphatic heterocycles. The summed E-state index contributed by atoms with van der Waals surface area (Å²) in [4.78, 5) is 0. The third-order valence-electron chi connectivity index (χ3n) is 3.36. The molecule has 94 valence electrons. The summed E-state index contributed by atoms with van der Waals surface area (Å²) in [5.74, 6) is -0.220. The molecule has 0 aliphatic carbocycles. The van der Waals surface area contributed by atoms with Crippen molar-refractivity contribution in [3.8, 4) is 0 Å². The number of aliphatic hydroxyl groups is 1. The largest absolute Gasteiger partial charge is 0.386 e. The smallest absolute Gasteiger partial charge is 0.127 e. The van der Waals surface area contributed by atoms with E-state index in [0.29, 0.717) is 31.7 Å². The SMILES string of the molecule is CC1OCCC1(O)CNCc1ccccc1F. The molecule has 0 saturated carbocycles. The molecule has 0 radical (unpaired) electrons. The van der Waals surface area contributed by atoms with Gasteiger partial charge in [-0.05, 0) is 13.0 Å². The van der Waals surface area contributed by atoms with Gasteiger partial charge in [-0.2, -0.15) is 0 Å². The van der Waals surface area contributed by atoms with Gasteiger partial charge in [-0.3, -0.25) is 0 Å². The van der Waals surface area contributed by atoms with Crippen LogP contribution in [-0.2, 0) is 11.3 Å². The molecule has 3 nitrogen and oxygen atoms in total. The number of rotatable bonds is 4. The predicted molar refractivity (Wildman–Crippen MR) is 63.1 cm³/mol. The summed E-state index contributed by atoms with van der Waals surface area (Å²) in [6.07, 6.45) is 0.453. The maximum Gasteiger partial charge on any atom is 0.127 e. The van der Waals surface area contributed by atoms with Crippen LogP contribution in [0.15, 0.2) is 24.3 Å². The third kappa shape index (κ3) is 2.83. The highest BCUT2D eigenvalue weighted by atomic mass is 19.1. The second kappa shape index (κ2) is 5.12. The topological polar surface area (TPSA) is 41.5 Å². The first-order valence-electron chi connectivity index (χ1n) is 5.90. The van der Waals surface area contributed by atoms with Gasteiger partial charge in [0.25, 0.3) is 0 Å². The lowest BCUT2D eigenvalue weighted by molar-refractivity contribution is -0.0263. The molecule has 0 aromatic heterocycles. The zero-order valence-corrected chi connectivity index (χ0v) is 9.95. The highest BCUT2D eigenvalue weighted by molar-refractivity contribution is 5.17. The van der Waals surface area contributed by atoms with Gasteiger partial charge in [0.2, 0.25) is 0 Å². The summed E-state index contributed by atoms with van der Waals surface area (Å²) in [5.41, 5.74) is -0.215. The zero-order valence-electron chi connectivity index (χ0n) is 9.95. The maximum absolute atomic E-state index is 13.3. The van der Waals surface area contributed by atoms with Crippen molar-refractivity contribution in [1.29, 1.82) is 0 Å². The standard InChI is InChI=1S/C13H18FNO2/c1-10-13(16,6-7-17-10)9-15-8-11-4-2-3-5-12(11)14/h2-5,10,15-16H,6-9H2,1H3. The Bertz CT molecular complexity index is 385. The van der Waals surface area contributed by atoms with Crippen LogP contribution >= 0.6 is 0 Å². The van der Waals surface area contributed by atoms with Crippen molar-refractivity contribution < 1.29 is 14.2 Å². The van der Waals surface area contributed by atoms with E-state index in [0.717, 1.165) is 0 Å². The van der Waals surface area contributed by atoms with Gasteiger partial charge >= 0.3 is 0 Å². The number of ether oxygens (including phenoxy) is 1. The highest BCUT2D eigenvalue weighted by Crippen LogP contribution is 2.24. The van der Waals surface area contributed by atoms with Crippen molar-refractivity contribution in [3.05, 3.63) is 35.6 Å². The fraction of sp³-hybridized carbons (Fsp3) is 0.538. The van der Waals surface area contributed by atoms with Crippen LogP contribution in [0, 0.1) is 5.82 Å². The monoisotopic (exact) mass is 239 g/mol. The quantitative estimate of drug-likeness (QED) is 0.835. The minimum Gasteiger partial charge on any atom is -0.386 e. The van der Waals surface area contributed by atoms with Crippen molar-refractivity contribution in [2.75, 3.05) is 13.2 Å². The fourth-order valence-corrected chi connectivity index (χ4v) is 2.06. The van der Waals surface area contributed by atoms with E-state index in [9.17, 15) is 9.50 Å². The van der Waals surface area contributed by atoms with Crippen molar-refractivity contribution in [2.45, 2.75) is 31.6 Å². The van der Waals surface area contributed by atoms with Gasteiger partial charge in [-0.25, -0.2) is 4.39 Å². The van der Waals surface area contributed by atoms with Gasteiger partial charge < -0.3 is 15.2 Å². The number of benzene rings is 1. The molecule has 1 fully saturated rings. The first kappa shape index (κ1) is 12.5. The van der Waals surface area contributed by atoms with Crippen LogP contribution < -0.4 is 5.32 Å². The van der Waals surface area contributed by atoms with Crippen LogP contribution in [0.2, 0.25) is 0 Å². The van der Waals surface area contributed by atoms with E-state index in [1.165, 1.54) is 6.07 Å². The lowest BCUT2D eigenvalue weighted by Crippen LogP contribution is -2.45. The van der Waals surface area contributed by atoms with Gasteiger partial charge in [-0.1, -0.05) is 18.2 Å². The van der Waals surface area contributed by atoms with Gasteiger partial charge in [0.15, 0.2) is 0 Å². The first-order valence-corrected chi connectivity index (χ1v) is 5.90. The van der Waals surface area contributed by atoms with Crippen LogP contribution in [0.5, 0.6) is 0 Å². The molecular formula is C13H18FNO2. The molecule has 1 aromatic rings. The Balaban J connectivity index is 1.86. The van der Waals surface area contributed by atoms with Crippen molar-refractivity contribution in [2.24, 2.45) is 0 Å². The molecule has 17 heavy (non-hydrogen) atoms. The van der Waals surface area contributed by atoms with Gasteiger partial charge in [0, 0.05) is 31.7 Å². The van der Waals surface area contributed by atoms with Crippen molar-refractivity contribution >= 4 is 0 Å². The third-order valence-corrected chi connectivity index (χ3v) is 3.36. The van der Waals surface area contributed by atoms with E-state index in [4.69, 9.17) is 4.74 Å². The van der Waals surface area contributed by atoms with Crippen LogP contribution in [0.25, 0.3) is 0 Å². The van der Waals surface area contributed by atoms with Crippen molar-refractivity contribution in [3.63, 3.8) is 0 Å². The number of halogens is 1. The summed E-state index contributed by atoms with van der Waals surface area (Å²) >= 11 is 0. The van der Waals surface area contributed by atoms with E-state index in [1.807, 2.05) is 6.92 Å². The molecule has 1 aliphatic rings. The number of hydrogen-bond acceptors (Lipinski definition) is 3. The minimum atomic E-state index is -0.828. The molecule has 0 bridgehead atoms. The van der Waals surface area contributed by atoms with Crippen molar-refractivity contribution in [1.82, 2.24) is 5.32 Å². The average Bonchev–Trinajstić information content (AvgIpc) is 2.62. The Kier molecular flexibility index (Phi) is 3.76. The molecule has 2 atom stereocenters. The van der Waals surface area contributed by atoms with Gasteiger partial charge in [-0.15, -0.1) is 0 Å². The average molecular weight is 239 g/mol. The van der Waals surface area contributed by atoms with E-state index in [2.05, 4.69) is 5.32 Å². The van der Waals surface area contributed by atoms with Gasteiger partial charge in [0.05, 0.1) is 6.10 Å². The Hall–Kier alpha value is -0.970. The molecule has 4 heteroatoms. The second-order valence-electron chi connectivity index (χ2n) is 4.56. The fourth-order valence-electron chi connectivity index (χ4n) is 2.06. The summed E-state index contributed by atoms with van der Waals surface area (Å²) in [6, 6.07) is 6.64. The zero-order chi connectivity index (χ0) is 12.3. The summed E-state index contributed by atoms with van der Waals surface area (Å²) in [6.45, 7) is 3.28. The molecule has 1 saturated heterocycles. The summed E-state index contributed by atoms with van der Waals surface area (Å²) < 4.78 is 18.7. The van der Waals surface area contributed by atoms with Crippen LogP contribution in [0.1, 0.15) is 18.9 Å². The number of hydrogen-bond donors (Lipinski definition) is 2. The van der Waals surface area contributed by atoms with Gasteiger partial charge in [0.1, 0.15) is 11.4 Å². The summed E-state index contributed by atoms with van der Waals surface area (Å²) in [7, 11) is 0. The Morgan fingerprint density at radius 1 is 1.53 bits per heavy atom. The molecular weight excluding hydrogens is 221 g/mol. The molecule has 1 aromatic carbocycles. The lowest BCUT2D eigenvalue weighted by Gasteiger charge is -2.26. The first-order chi connectivity index (χ1) is 8.12. The Morgan fingerprint density at radius 2 is 2.29 bits per heavy atom. The molecule has 0 spiro atoms. The highest BCUT2D eigenvalue weighted by Gasteiger charge is 2.38. The Labute approximate surface area is 101 Å².